The Kier molecular flexibility index (Phi) is 5.61. The molecule has 6 atom stereocenters. The summed E-state index contributed by atoms with van der Waals surface area (Å²) in [5, 5.41) is 0. The molecule has 0 amide bonds. The van der Waals surface area contributed by atoms with Gasteiger partial charge in [-0.15, -0.1) is 0 Å². The van der Waals surface area contributed by atoms with Crippen molar-refractivity contribution in [2.45, 2.75) is 71.3 Å². The van der Waals surface area contributed by atoms with Crippen molar-refractivity contribution in [2.75, 3.05) is 0 Å². The zero-order valence-corrected chi connectivity index (χ0v) is 14.7. The molecule has 2 heteroatoms. The predicted molar refractivity (Wildman–Crippen MR) is 93.9 cm³/mol. The van der Waals surface area contributed by atoms with Gasteiger partial charge in [0, 0.05) is 6.42 Å². The van der Waals surface area contributed by atoms with Gasteiger partial charge in [-0.2, -0.15) is 0 Å². The summed E-state index contributed by atoms with van der Waals surface area (Å²) >= 11 is 0. The maximum Gasteiger partial charge on any atom is 0.306 e. The lowest BCUT2D eigenvalue weighted by Crippen LogP contribution is -2.35. The average Bonchev–Trinajstić information content (AvgIpc) is 2.54. The van der Waals surface area contributed by atoms with Crippen LogP contribution in [-0.2, 0) is 9.53 Å². The van der Waals surface area contributed by atoms with Gasteiger partial charge in [-0.05, 0) is 81.5 Å². The van der Waals surface area contributed by atoms with Gasteiger partial charge in [0.05, 0.1) is 0 Å². The van der Waals surface area contributed by atoms with E-state index >= 15 is 0 Å². The SMILES string of the molecule is C/C=C\[C@@H]1CC[C@H]2C(C=C[C@H](C)C2CC[C@@H]2CCCC(=O)O2)C1. The number of hydrogen-bond acceptors (Lipinski definition) is 2. The molecular formula is C21H32O2. The molecule has 2 fully saturated rings. The van der Waals surface area contributed by atoms with Gasteiger partial charge < -0.3 is 4.74 Å². The van der Waals surface area contributed by atoms with E-state index in [0.29, 0.717) is 12.3 Å². The van der Waals surface area contributed by atoms with Crippen LogP contribution >= 0.6 is 0 Å². The Morgan fingerprint density at radius 2 is 2.09 bits per heavy atom. The van der Waals surface area contributed by atoms with Crippen LogP contribution in [-0.4, -0.2) is 12.1 Å². The summed E-state index contributed by atoms with van der Waals surface area (Å²) in [6.07, 6.45) is 18.8. The molecule has 0 bridgehead atoms. The highest BCUT2D eigenvalue weighted by atomic mass is 16.5. The molecule has 0 N–H and O–H groups in total. The monoisotopic (exact) mass is 316 g/mol. The van der Waals surface area contributed by atoms with Gasteiger partial charge in [0.2, 0.25) is 0 Å². The van der Waals surface area contributed by atoms with Gasteiger partial charge in [0.1, 0.15) is 6.10 Å². The standard InChI is InChI=1S/C21H32O2/c1-3-5-16-9-12-20-17(14-16)10-8-15(2)19(20)13-11-18-6-4-7-21(22)23-18/h3,5,8,10,15-20H,4,6-7,9,11-14H2,1-2H3/b5-3-/t15-,16+,17?,18-,19?,20-/m0/s1. The van der Waals surface area contributed by atoms with E-state index in [-0.39, 0.29) is 12.1 Å². The smallest absolute Gasteiger partial charge is 0.306 e. The van der Waals surface area contributed by atoms with Crippen LogP contribution in [0.25, 0.3) is 0 Å². The van der Waals surface area contributed by atoms with Gasteiger partial charge in [0.25, 0.3) is 0 Å². The summed E-state index contributed by atoms with van der Waals surface area (Å²) in [6.45, 7) is 4.52. The number of allylic oxidation sites excluding steroid dienone is 4. The number of carbonyl (C=O) groups is 1. The highest BCUT2D eigenvalue weighted by molar-refractivity contribution is 5.70. The van der Waals surface area contributed by atoms with E-state index in [2.05, 4.69) is 38.2 Å². The first-order chi connectivity index (χ1) is 11.2. The maximum atomic E-state index is 11.5. The molecule has 0 radical (unpaired) electrons. The van der Waals surface area contributed by atoms with Crippen molar-refractivity contribution in [3.05, 3.63) is 24.3 Å². The topological polar surface area (TPSA) is 26.3 Å². The maximum absolute atomic E-state index is 11.5. The Hall–Kier alpha value is -1.05. The summed E-state index contributed by atoms with van der Waals surface area (Å²) in [5.74, 6) is 3.85. The van der Waals surface area contributed by atoms with Crippen LogP contribution in [0.1, 0.15) is 65.2 Å². The molecule has 23 heavy (non-hydrogen) atoms. The second kappa shape index (κ2) is 7.68. The Balaban J connectivity index is 1.58. The minimum atomic E-state index is 0.0163. The predicted octanol–water partition coefficient (Wildman–Crippen LogP) is 5.29. The van der Waals surface area contributed by atoms with Crippen molar-refractivity contribution in [3.63, 3.8) is 0 Å². The lowest BCUT2D eigenvalue weighted by atomic mass is 9.62. The van der Waals surface area contributed by atoms with Crippen molar-refractivity contribution in [1.29, 1.82) is 0 Å². The van der Waals surface area contributed by atoms with E-state index in [1.54, 1.807) is 0 Å². The first kappa shape index (κ1) is 16.8. The average molecular weight is 316 g/mol. The lowest BCUT2D eigenvalue weighted by molar-refractivity contribution is -0.154. The zero-order valence-electron chi connectivity index (χ0n) is 14.7. The van der Waals surface area contributed by atoms with E-state index < -0.39 is 0 Å². The molecule has 2 nitrogen and oxygen atoms in total. The highest BCUT2D eigenvalue weighted by Crippen LogP contribution is 2.47. The molecule has 2 unspecified atom stereocenters. The number of esters is 1. The number of fused-ring (bicyclic) bond motifs is 1. The fraction of sp³-hybridized carbons (Fsp3) is 0.762. The third kappa shape index (κ3) is 4.08. The molecule has 0 aromatic carbocycles. The number of ether oxygens (including phenoxy) is 1. The Labute approximate surface area is 141 Å². The largest absolute Gasteiger partial charge is 0.462 e. The number of rotatable bonds is 4. The first-order valence-electron chi connectivity index (χ1n) is 9.68. The number of carbonyl (C=O) groups excluding carboxylic acids is 1. The third-order valence-corrected chi connectivity index (χ3v) is 6.37. The number of hydrogen-bond donors (Lipinski definition) is 0. The summed E-state index contributed by atoms with van der Waals surface area (Å²) in [5.41, 5.74) is 0. The van der Waals surface area contributed by atoms with Crippen molar-refractivity contribution in [2.24, 2.45) is 29.6 Å². The van der Waals surface area contributed by atoms with Crippen LogP contribution in [0.2, 0.25) is 0 Å². The molecule has 3 rings (SSSR count). The van der Waals surface area contributed by atoms with Gasteiger partial charge in [-0.1, -0.05) is 31.2 Å². The lowest BCUT2D eigenvalue weighted by Gasteiger charge is -2.44. The third-order valence-electron chi connectivity index (χ3n) is 6.37. The normalized spacial score (nSPS) is 40.9. The van der Waals surface area contributed by atoms with E-state index in [9.17, 15) is 4.79 Å². The molecule has 1 aliphatic heterocycles. The molecule has 0 aromatic rings. The van der Waals surface area contributed by atoms with Crippen LogP contribution in [0.15, 0.2) is 24.3 Å². The molecule has 1 saturated heterocycles. The molecule has 0 spiro atoms. The summed E-state index contributed by atoms with van der Waals surface area (Å²) < 4.78 is 5.53. The summed E-state index contributed by atoms with van der Waals surface area (Å²) in [6, 6.07) is 0. The van der Waals surface area contributed by atoms with Crippen LogP contribution < -0.4 is 0 Å². The van der Waals surface area contributed by atoms with E-state index in [0.717, 1.165) is 42.9 Å². The Bertz CT molecular complexity index is 464. The van der Waals surface area contributed by atoms with Gasteiger partial charge in [0.15, 0.2) is 0 Å². The molecular weight excluding hydrogens is 284 g/mol. The quantitative estimate of drug-likeness (QED) is 0.520. The molecule has 3 aliphatic rings. The first-order valence-corrected chi connectivity index (χ1v) is 9.68. The van der Waals surface area contributed by atoms with Crippen LogP contribution in [0.3, 0.4) is 0 Å². The molecule has 0 aromatic heterocycles. The Morgan fingerprint density at radius 3 is 2.87 bits per heavy atom. The highest BCUT2D eigenvalue weighted by Gasteiger charge is 2.38. The van der Waals surface area contributed by atoms with Crippen LogP contribution in [0.5, 0.6) is 0 Å². The summed E-state index contributed by atoms with van der Waals surface area (Å²) in [4.78, 5) is 11.5. The van der Waals surface area contributed by atoms with Gasteiger partial charge >= 0.3 is 5.97 Å². The molecule has 128 valence electrons. The van der Waals surface area contributed by atoms with E-state index in [1.165, 1.54) is 25.7 Å². The van der Waals surface area contributed by atoms with E-state index in [4.69, 9.17) is 4.74 Å². The zero-order chi connectivity index (χ0) is 16.2. The second-order valence-corrected chi connectivity index (χ2v) is 7.92. The van der Waals surface area contributed by atoms with Crippen LogP contribution in [0.4, 0.5) is 0 Å². The van der Waals surface area contributed by atoms with Crippen molar-refractivity contribution in [1.82, 2.24) is 0 Å². The minimum Gasteiger partial charge on any atom is -0.462 e. The van der Waals surface area contributed by atoms with Crippen molar-refractivity contribution in [3.8, 4) is 0 Å². The molecule has 2 aliphatic carbocycles. The number of cyclic esters (lactones) is 1. The van der Waals surface area contributed by atoms with Crippen LogP contribution in [0, 0.1) is 29.6 Å². The van der Waals surface area contributed by atoms with Gasteiger partial charge in [-0.3, -0.25) is 4.79 Å². The van der Waals surface area contributed by atoms with Crippen molar-refractivity contribution >= 4 is 5.97 Å². The Morgan fingerprint density at radius 1 is 1.22 bits per heavy atom. The second-order valence-electron chi connectivity index (χ2n) is 7.92. The molecule has 1 heterocycles. The van der Waals surface area contributed by atoms with Gasteiger partial charge in [-0.25, -0.2) is 0 Å². The van der Waals surface area contributed by atoms with E-state index in [1.807, 2.05) is 0 Å². The van der Waals surface area contributed by atoms with Crippen molar-refractivity contribution < 1.29 is 9.53 Å². The summed E-state index contributed by atoms with van der Waals surface area (Å²) in [7, 11) is 0. The molecule has 1 saturated carbocycles. The fourth-order valence-electron chi connectivity index (χ4n) is 5.15. The minimum absolute atomic E-state index is 0.0163. The fourth-order valence-corrected chi connectivity index (χ4v) is 5.15.